The number of benzene rings is 2. The van der Waals surface area contributed by atoms with Crippen LogP contribution in [0.1, 0.15) is 57.9 Å². The summed E-state index contributed by atoms with van der Waals surface area (Å²) in [5.74, 6) is 0.0533. The summed E-state index contributed by atoms with van der Waals surface area (Å²) < 4.78 is 0. The van der Waals surface area contributed by atoms with E-state index >= 15 is 0 Å². The van der Waals surface area contributed by atoms with Crippen molar-refractivity contribution in [2.45, 2.75) is 40.0 Å². The van der Waals surface area contributed by atoms with Gasteiger partial charge in [-0.25, -0.2) is 0 Å². The molecule has 0 bridgehead atoms. The summed E-state index contributed by atoms with van der Waals surface area (Å²) in [5, 5.41) is 6.53. The van der Waals surface area contributed by atoms with Crippen LogP contribution in [0.3, 0.4) is 0 Å². The molecular formula is C30H35N3O2S. The van der Waals surface area contributed by atoms with Crippen LogP contribution in [-0.2, 0) is 11.2 Å². The molecule has 36 heavy (non-hydrogen) atoms. The van der Waals surface area contributed by atoms with Gasteiger partial charge < -0.3 is 15.5 Å². The van der Waals surface area contributed by atoms with Crippen molar-refractivity contribution in [2.24, 2.45) is 0 Å². The van der Waals surface area contributed by atoms with Crippen LogP contribution in [0.15, 0.2) is 66.2 Å². The van der Waals surface area contributed by atoms with Crippen LogP contribution in [-0.4, -0.2) is 42.9 Å². The van der Waals surface area contributed by atoms with Crippen LogP contribution in [0.5, 0.6) is 0 Å². The molecule has 1 aliphatic heterocycles. The number of amides is 2. The number of carbonyl (C=O) groups excluding carboxylic acids is 2. The molecule has 3 aromatic rings. The minimum atomic E-state index is -0.00987. The van der Waals surface area contributed by atoms with E-state index in [4.69, 9.17) is 0 Å². The highest BCUT2D eigenvalue weighted by Gasteiger charge is 2.17. The molecule has 0 radical (unpaired) electrons. The van der Waals surface area contributed by atoms with Crippen molar-refractivity contribution in [1.82, 2.24) is 10.2 Å². The Balaban J connectivity index is 1.61. The van der Waals surface area contributed by atoms with Crippen LogP contribution in [0.25, 0.3) is 5.57 Å². The summed E-state index contributed by atoms with van der Waals surface area (Å²) in [6.07, 6.45) is 2.33. The monoisotopic (exact) mass is 501 g/mol. The van der Waals surface area contributed by atoms with Gasteiger partial charge in [0.25, 0.3) is 5.91 Å². The Bertz CT molecular complexity index is 1230. The number of thiophene rings is 1. The molecule has 4 rings (SSSR count). The van der Waals surface area contributed by atoms with E-state index in [-0.39, 0.29) is 11.8 Å². The van der Waals surface area contributed by atoms with Crippen LogP contribution in [0.2, 0.25) is 0 Å². The normalized spacial score (nSPS) is 13.4. The van der Waals surface area contributed by atoms with Gasteiger partial charge in [0.15, 0.2) is 0 Å². The zero-order chi connectivity index (χ0) is 25.5. The van der Waals surface area contributed by atoms with Gasteiger partial charge in [-0.1, -0.05) is 29.8 Å². The molecule has 0 aliphatic carbocycles. The second-order valence-electron chi connectivity index (χ2n) is 9.10. The number of anilines is 1. The lowest BCUT2D eigenvalue weighted by molar-refractivity contribution is -0.115. The Morgan fingerprint density at radius 1 is 0.917 bits per heavy atom. The van der Waals surface area contributed by atoms with Crippen molar-refractivity contribution in [2.75, 3.05) is 31.5 Å². The van der Waals surface area contributed by atoms with Crippen molar-refractivity contribution in [3.05, 3.63) is 92.7 Å². The molecule has 6 heteroatoms. The summed E-state index contributed by atoms with van der Waals surface area (Å²) >= 11 is 1.66. The predicted molar refractivity (Wildman–Crippen MR) is 150 cm³/mol. The molecule has 0 unspecified atom stereocenters. The maximum absolute atomic E-state index is 12.8. The standard InChI is InChI=1S/C30H35N3O2S/c1-4-33(5-2)30(35)24-12-10-22(11-13-24)29(23-15-17-31-18-16-23)25-7-6-8-26(19-25)32-28(34)20-27-14-9-21(3)36-27/h6-14,19,31H,4-5,15-18,20H2,1-3H3,(H,32,34). The van der Waals surface area contributed by atoms with Gasteiger partial charge in [-0.3, -0.25) is 9.59 Å². The molecule has 1 aliphatic rings. The smallest absolute Gasteiger partial charge is 0.253 e. The third-order valence-corrected chi connectivity index (χ3v) is 7.60. The van der Waals surface area contributed by atoms with Crippen LogP contribution < -0.4 is 10.6 Å². The van der Waals surface area contributed by atoms with Gasteiger partial charge in [-0.2, -0.15) is 0 Å². The summed E-state index contributed by atoms with van der Waals surface area (Å²) in [6, 6.07) is 20.2. The van der Waals surface area contributed by atoms with Gasteiger partial charge >= 0.3 is 0 Å². The topological polar surface area (TPSA) is 61.4 Å². The first-order valence-corrected chi connectivity index (χ1v) is 13.6. The first-order chi connectivity index (χ1) is 17.5. The molecule has 2 aromatic carbocycles. The Morgan fingerprint density at radius 3 is 2.25 bits per heavy atom. The zero-order valence-electron chi connectivity index (χ0n) is 21.4. The number of aryl methyl sites for hydroxylation is 1. The molecule has 1 saturated heterocycles. The first kappa shape index (κ1) is 25.9. The van der Waals surface area contributed by atoms with Gasteiger partial charge in [0.05, 0.1) is 6.42 Å². The molecule has 188 valence electrons. The minimum absolute atomic E-state index is 0.00987. The number of piperidine rings is 1. The molecule has 1 fully saturated rings. The lowest BCUT2D eigenvalue weighted by Crippen LogP contribution is -2.30. The fourth-order valence-electron chi connectivity index (χ4n) is 4.72. The number of nitrogens with zero attached hydrogens (tertiary/aromatic N) is 1. The van der Waals surface area contributed by atoms with Crippen LogP contribution >= 0.6 is 11.3 Å². The van der Waals surface area contributed by atoms with E-state index in [0.29, 0.717) is 25.1 Å². The van der Waals surface area contributed by atoms with Gasteiger partial charge in [0, 0.05) is 34.1 Å². The van der Waals surface area contributed by atoms with Crippen molar-refractivity contribution in [1.29, 1.82) is 0 Å². The lowest BCUT2D eigenvalue weighted by Gasteiger charge is -2.22. The molecule has 2 amide bonds. The number of hydrogen-bond donors (Lipinski definition) is 2. The molecule has 0 spiro atoms. The SMILES string of the molecule is CCN(CC)C(=O)c1ccc(C(=C2CCNCC2)c2cccc(NC(=O)Cc3ccc(C)s3)c2)cc1. The summed E-state index contributed by atoms with van der Waals surface area (Å²) in [6.45, 7) is 9.36. The quantitative estimate of drug-likeness (QED) is 0.404. The van der Waals surface area contributed by atoms with E-state index in [9.17, 15) is 9.59 Å². The molecule has 2 N–H and O–H groups in total. The number of rotatable bonds is 8. The minimum Gasteiger partial charge on any atom is -0.339 e. The van der Waals surface area contributed by atoms with Gasteiger partial charge in [0.2, 0.25) is 5.91 Å². The predicted octanol–water partition coefficient (Wildman–Crippen LogP) is 5.91. The number of hydrogen-bond acceptors (Lipinski definition) is 4. The van der Waals surface area contributed by atoms with Gasteiger partial charge in [0.1, 0.15) is 0 Å². The molecule has 2 heterocycles. The Morgan fingerprint density at radius 2 is 1.61 bits per heavy atom. The van der Waals surface area contributed by atoms with Crippen molar-refractivity contribution in [3.8, 4) is 0 Å². The highest BCUT2D eigenvalue weighted by atomic mass is 32.1. The van der Waals surface area contributed by atoms with Crippen molar-refractivity contribution < 1.29 is 9.59 Å². The summed E-state index contributed by atoms with van der Waals surface area (Å²) in [7, 11) is 0. The second-order valence-corrected chi connectivity index (χ2v) is 10.5. The van der Waals surface area contributed by atoms with E-state index in [1.54, 1.807) is 11.3 Å². The number of carbonyl (C=O) groups is 2. The van der Waals surface area contributed by atoms with Crippen LogP contribution in [0.4, 0.5) is 5.69 Å². The maximum Gasteiger partial charge on any atom is 0.253 e. The third-order valence-electron chi connectivity index (χ3n) is 6.60. The molecular weight excluding hydrogens is 466 g/mol. The first-order valence-electron chi connectivity index (χ1n) is 12.8. The Hall–Kier alpha value is -3.22. The highest BCUT2D eigenvalue weighted by molar-refractivity contribution is 7.12. The Kier molecular flexibility index (Phi) is 8.73. The second kappa shape index (κ2) is 12.2. The van der Waals surface area contributed by atoms with E-state index in [1.807, 2.05) is 55.1 Å². The average molecular weight is 502 g/mol. The Labute approximate surface area is 218 Å². The molecule has 0 atom stereocenters. The maximum atomic E-state index is 12.8. The average Bonchev–Trinajstić information content (AvgIpc) is 3.30. The third kappa shape index (κ3) is 6.31. The molecule has 1 aromatic heterocycles. The van der Waals surface area contributed by atoms with E-state index in [0.717, 1.165) is 47.6 Å². The van der Waals surface area contributed by atoms with E-state index in [2.05, 4.69) is 41.8 Å². The number of nitrogens with one attached hydrogen (secondary N) is 2. The summed E-state index contributed by atoms with van der Waals surface area (Å²) in [4.78, 5) is 29.6. The van der Waals surface area contributed by atoms with E-state index in [1.165, 1.54) is 16.0 Å². The van der Waals surface area contributed by atoms with Gasteiger partial charge in [-0.15, -0.1) is 11.3 Å². The summed E-state index contributed by atoms with van der Waals surface area (Å²) in [5.41, 5.74) is 6.28. The van der Waals surface area contributed by atoms with Crippen molar-refractivity contribution >= 4 is 34.4 Å². The van der Waals surface area contributed by atoms with E-state index < -0.39 is 0 Å². The van der Waals surface area contributed by atoms with Crippen LogP contribution in [0, 0.1) is 6.92 Å². The van der Waals surface area contributed by atoms with Gasteiger partial charge in [-0.05, 0) is 99.8 Å². The molecule has 5 nitrogen and oxygen atoms in total. The largest absolute Gasteiger partial charge is 0.339 e. The zero-order valence-corrected chi connectivity index (χ0v) is 22.2. The fourth-order valence-corrected chi connectivity index (χ4v) is 5.61. The van der Waals surface area contributed by atoms with Crippen molar-refractivity contribution in [3.63, 3.8) is 0 Å². The highest BCUT2D eigenvalue weighted by Crippen LogP contribution is 2.33. The fraction of sp³-hybridized carbons (Fsp3) is 0.333. The lowest BCUT2D eigenvalue weighted by atomic mass is 9.88. The molecule has 0 saturated carbocycles.